The van der Waals surface area contributed by atoms with Crippen molar-refractivity contribution in [3.05, 3.63) is 241 Å². The quantitative estimate of drug-likeness (QED) is 0.0135. The van der Waals surface area contributed by atoms with Crippen LogP contribution in [0.2, 0.25) is 0 Å². The van der Waals surface area contributed by atoms with Crippen molar-refractivity contribution in [2.24, 2.45) is 0 Å². The number of carbonyl (C=O) groups excluding carboxylic acids is 8. The Kier molecular flexibility index (Phi) is 27.5. The van der Waals surface area contributed by atoms with E-state index in [0.29, 0.717) is 104 Å². The smallest absolute Gasteiger partial charge is 0.343 e. The summed E-state index contributed by atoms with van der Waals surface area (Å²) in [6, 6.07) is 41.2. The second kappa shape index (κ2) is 36.5. The Balaban J connectivity index is 0.000000391. The number of carboxylic acid groups (broad SMARTS) is 1. The van der Waals surface area contributed by atoms with Crippen LogP contribution in [0.5, 0.6) is 46.0 Å². The molecule has 7 rings (SSSR count). The summed E-state index contributed by atoms with van der Waals surface area (Å²) in [5.41, 5.74) is 1.98. The number of carbonyl (C=O) groups is 9. The fraction of sp³-hybridized carbons (Fsp3) is 0.186. The highest BCUT2D eigenvalue weighted by molar-refractivity contribution is 5.95. The van der Waals surface area contributed by atoms with Crippen LogP contribution < -0.4 is 37.9 Å². The van der Waals surface area contributed by atoms with Gasteiger partial charge in [0, 0.05) is 18.2 Å². The molecule has 91 heavy (non-hydrogen) atoms. The zero-order chi connectivity index (χ0) is 65.3. The van der Waals surface area contributed by atoms with Crippen LogP contribution in [-0.4, -0.2) is 98.5 Å². The van der Waals surface area contributed by atoms with Gasteiger partial charge in [-0.3, -0.25) is 0 Å². The fourth-order valence-corrected chi connectivity index (χ4v) is 7.55. The number of ether oxygens (including phenoxy) is 11. The summed E-state index contributed by atoms with van der Waals surface area (Å²) in [4.78, 5) is 107. The molecule has 0 aromatic heterocycles. The number of benzene rings is 7. The molecule has 0 aliphatic rings. The molecular formula is C70H64O21. The molecule has 0 amide bonds. The van der Waals surface area contributed by atoms with Crippen molar-refractivity contribution in [3.63, 3.8) is 0 Å². The van der Waals surface area contributed by atoms with Crippen LogP contribution in [0.1, 0.15) is 106 Å². The van der Waals surface area contributed by atoms with Gasteiger partial charge in [0.05, 0.1) is 73.0 Å². The zero-order valence-electron chi connectivity index (χ0n) is 49.5. The summed E-state index contributed by atoms with van der Waals surface area (Å²) >= 11 is 0. The lowest BCUT2D eigenvalue weighted by Gasteiger charge is -2.11. The minimum absolute atomic E-state index is 0.111. The Labute approximate surface area is 523 Å². The van der Waals surface area contributed by atoms with E-state index in [4.69, 9.17) is 57.2 Å². The summed E-state index contributed by atoms with van der Waals surface area (Å²) < 4.78 is 58.8. The highest BCUT2D eigenvalue weighted by atomic mass is 16.6. The third-order valence-corrected chi connectivity index (χ3v) is 12.4. The molecule has 0 aliphatic carbocycles. The Morgan fingerprint density at radius 3 is 0.835 bits per heavy atom. The Hall–Kier alpha value is -11.6. The molecule has 0 radical (unpaired) electrons. The van der Waals surface area contributed by atoms with E-state index in [-0.39, 0.29) is 58.7 Å². The molecule has 0 spiro atoms. The lowest BCUT2D eigenvalue weighted by Crippen LogP contribution is -2.11. The van der Waals surface area contributed by atoms with Gasteiger partial charge in [-0.25, -0.2) is 43.2 Å². The molecule has 1 N–H and O–H groups in total. The summed E-state index contributed by atoms with van der Waals surface area (Å²) in [5, 5.41) is 8.86. The van der Waals surface area contributed by atoms with Gasteiger partial charge in [0.1, 0.15) is 46.0 Å². The Bertz CT molecular complexity index is 3630. The molecule has 21 nitrogen and oxygen atoms in total. The Morgan fingerprint density at radius 2 is 0.560 bits per heavy atom. The van der Waals surface area contributed by atoms with Crippen LogP contribution in [-0.2, 0) is 28.6 Å². The number of carboxylic acids is 1. The van der Waals surface area contributed by atoms with Gasteiger partial charge in [-0.1, -0.05) is 19.7 Å². The average Bonchev–Trinajstić information content (AvgIpc) is 3.76. The largest absolute Gasteiger partial charge is 0.494 e. The van der Waals surface area contributed by atoms with Crippen LogP contribution >= 0.6 is 0 Å². The second-order valence-electron chi connectivity index (χ2n) is 19.1. The molecule has 7 aromatic carbocycles. The number of aromatic carboxylic acids is 1. The summed E-state index contributed by atoms with van der Waals surface area (Å²) in [7, 11) is 0. The molecule has 0 heterocycles. The predicted molar refractivity (Wildman–Crippen MR) is 329 cm³/mol. The normalized spacial score (nSPS) is 10.3. The van der Waals surface area contributed by atoms with Crippen LogP contribution in [0.15, 0.2) is 202 Å². The van der Waals surface area contributed by atoms with Gasteiger partial charge in [-0.05, 0) is 215 Å². The van der Waals surface area contributed by atoms with Crippen LogP contribution in [0, 0.1) is 6.92 Å². The highest BCUT2D eigenvalue weighted by Gasteiger charge is 2.17. The molecule has 0 bridgehead atoms. The number of hydrogen-bond donors (Lipinski definition) is 1. The first kappa shape index (κ1) is 68.5. The lowest BCUT2D eigenvalue weighted by atomic mass is 10.2. The Morgan fingerprint density at radius 1 is 0.319 bits per heavy atom. The predicted octanol–water partition coefficient (Wildman–Crippen LogP) is 12.1. The maximum absolute atomic E-state index is 12.9. The molecule has 0 saturated heterocycles. The molecule has 0 atom stereocenters. The van der Waals surface area contributed by atoms with Crippen molar-refractivity contribution in [3.8, 4) is 46.0 Å². The van der Waals surface area contributed by atoms with E-state index >= 15 is 0 Å². The van der Waals surface area contributed by atoms with Crippen LogP contribution in [0.25, 0.3) is 0 Å². The molecule has 0 unspecified atom stereocenters. The minimum Gasteiger partial charge on any atom is -0.494 e. The van der Waals surface area contributed by atoms with E-state index in [1.165, 1.54) is 84.9 Å². The lowest BCUT2D eigenvalue weighted by molar-refractivity contribution is -0.138. The summed E-state index contributed by atoms with van der Waals surface area (Å²) in [6.45, 7) is 13.8. The number of rotatable bonds is 32. The van der Waals surface area contributed by atoms with Crippen LogP contribution in [0.4, 0.5) is 0 Å². The van der Waals surface area contributed by atoms with Gasteiger partial charge in [-0.15, -0.1) is 0 Å². The average molecular weight is 1240 g/mol. The number of unbranched alkanes of at least 4 members (excludes halogenated alkanes) is 3. The first-order valence-corrected chi connectivity index (χ1v) is 28.3. The fourth-order valence-electron chi connectivity index (χ4n) is 7.55. The van der Waals surface area contributed by atoms with Crippen molar-refractivity contribution >= 4 is 53.7 Å². The van der Waals surface area contributed by atoms with E-state index in [1.807, 2.05) is 0 Å². The SMILES string of the molecule is C=CC(=O)OCCCCOc1ccc(C(=O)Oc2ccc(C(=O)O)cc2)cc1.C=CC(=O)OCCCCOc1ccc(C(=O)Oc2ccc(C(=O)Oc3ccc(OC(=O)c4ccc(OC(=O)c5ccc(OCCCCOC(=O)C=C)cc5)cc4)c(C)c3)cc2)cc1. The molecule has 7 aromatic rings. The van der Waals surface area contributed by atoms with Crippen molar-refractivity contribution in [1.82, 2.24) is 0 Å². The van der Waals surface area contributed by atoms with E-state index in [2.05, 4.69) is 19.7 Å². The van der Waals surface area contributed by atoms with Gasteiger partial charge < -0.3 is 57.2 Å². The van der Waals surface area contributed by atoms with Crippen molar-refractivity contribution in [2.75, 3.05) is 39.6 Å². The van der Waals surface area contributed by atoms with E-state index in [0.717, 1.165) is 18.2 Å². The number of aryl methyl sites for hydroxylation is 1. The first-order valence-electron chi connectivity index (χ1n) is 28.3. The third kappa shape index (κ3) is 23.9. The van der Waals surface area contributed by atoms with Gasteiger partial charge in [-0.2, -0.15) is 0 Å². The summed E-state index contributed by atoms with van der Waals surface area (Å²) in [5.74, 6) is -2.62. The standard InChI is InChI=1S/C49H44O14.C21H20O7/c1-4-44(50)58-30-8-6-28-56-38-18-10-34(11-19-38)46(52)60-40-22-14-36(15-23-40)48(54)62-42-26-27-43(33(3)32-42)63-49(55)37-16-24-41(25-17-37)61-47(53)35-12-20-39(21-13-35)57-29-7-9-31-59-45(51)5-2;1-2-19(22)27-14-4-3-13-26-17-9-7-16(8-10-17)21(25)28-18-11-5-15(6-12-18)20(23)24/h4-5,10-27,32H,1-2,6-9,28-31H2,3H3;2,5-12H,1,3-4,13-14H2,(H,23,24). The monoisotopic (exact) mass is 1240 g/mol. The van der Waals surface area contributed by atoms with Gasteiger partial charge in [0.2, 0.25) is 0 Å². The van der Waals surface area contributed by atoms with Gasteiger partial charge in [0.15, 0.2) is 0 Å². The molecule has 0 saturated carbocycles. The van der Waals surface area contributed by atoms with Gasteiger partial charge >= 0.3 is 53.7 Å². The van der Waals surface area contributed by atoms with E-state index in [1.54, 1.807) is 85.8 Å². The maximum atomic E-state index is 12.9. The second-order valence-corrected chi connectivity index (χ2v) is 19.1. The van der Waals surface area contributed by atoms with Crippen molar-refractivity contribution in [2.45, 2.75) is 45.4 Å². The summed E-state index contributed by atoms with van der Waals surface area (Å²) in [6.07, 6.45) is 7.33. The van der Waals surface area contributed by atoms with Crippen molar-refractivity contribution < 1.29 is 100 Å². The van der Waals surface area contributed by atoms with E-state index < -0.39 is 53.7 Å². The molecule has 0 fully saturated rings. The molecular weight excluding hydrogens is 1180 g/mol. The van der Waals surface area contributed by atoms with E-state index in [9.17, 15) is 43.2 Å². The minimum atomic E-state index is -1.05. The third-order valence-electron chi connectivity index (χ3n) is 12.4. The molecule has 0 aliphatic heterocycles. The number of esters is 8. The first-order chi connectivity index (χ1) is 44.0. The zero-order valence-corrected chi connectivity index (χ0v) is 49.5. The van der Waals surface area contributed by atoms with Crippen LogP contribution in [0.3, 0.4) is 0 Å². The molecule has 470 valence electrons. The molecule has 21 heteroatoms. The van der Waals surface area contributed by atoms with Crippen molar-refractivity contribution in [1.29, 1.82) is 0 Å². The maximum Gasteiger partial charge on any atom is 0.343 e. The highest BCUT2D eigenvalue weighted by Crippen LogP contribution is 2.27. The van der Waals surface area contributed by atoms with Gasteiger partial charge in [0.25, 0.3) is 0 Å². The number of hydrogen-bond acceptors (Lipinski definition) is 20. The topological polar surface area (TPSA) is 275 Å².